The van der Waals surface area contributed by atoms with Gasteiger partial charge in [-0.1, -0.05) is 30.9 Å². The Balaban J connectivity index is 1.98. The summed E-state index contributed by atoms with van der Waals surface area (Å²) < 4.78 is 1.92. The topological polar surface area (TPSA) is 69.6 Å². The van der Waals surface area contributed by atoms with Crippen LogP contribution in [0.2, 0.25) is 5.02 Å². The molecule has 1 aromatic carbocycles. The van der Waals surface area contributed by atoms with Crippen LogP contribution < -0.4 is 5.73 Å². The van der Waals surface area contributed by atoms with Crippen molar-refractivity contribution in [3.63, 3.8) is 0 Å². The molecule has 0 amide bonds. The van der Waals surface area contributed by atoms with E-state index in [4.69, 9.17) is 17.3 Å². The molecule has 1 fully saturated rings. The van der Waals surface area contributed by atoms with Crippen LogP contribution in [0.4, 0.5) is 5.69 Å². The zero-order chi connectivity index (χ0) is 13.2. The van der Waals surface area contributed by atoms with Crippen LogP contribution in [-0.4, -0.2) is 20.2 Å². The summed E-state index contributed by atoms with van der Waals surface area (Å²) in [4.78, 5) is 0. The van der Waals surface area contributed by atoms with Crippen molar-refractivity contribution in [2.24, 2.45) is 0 Å². The van der Waals surface area contributed by atoms with E-state index in [-0.39, 0.29) is 0 Å². The molecular formula is C13H16ClN5. The molecule has 0 aliphatic heterocycles. The molecule has 19 heavy (non-hydrogen) atoms. The minimum atomic E-state index is 0.388. The van der Waals surface area contributed by atoms with Gasteiger partial charge in [0.2, 0.25) is 0 Å². The molecule has 1 saturated carbocycles. The van der Waals surface area contributed by atoms with Gasteiger partial charge < -0.3 is 5.73 Å². The van der Waals surface area contributed by atoms with Gasteiger partial charge in [0.15, 0.2) is 5.82 Å². The van der Waals surface area contributed by atoms with Crippen LogP contribution in [0.3, 0.4) is 0 Å². The quantitative estimate of drug-likeness (QED) is 0.857. The maximum atomic E-state index is 6.05. The lowest BCUT2D eigenvalue weighted by Crippen LogP contribution is -2.15. The first kappa shape index (κ1) is 12.4. The first-order valence-electron chi connectivity index (χ1n) is 6.58. The Bertz CT molecular complexity index is 554. The summed E-state index contributed by atoms with van der Waals surface area (Å²) in [5.41, 5.74) is 7.33. The van der Waals surface area contributed by atoms with Gasteiger partial charge in [-0.05, 0) is 41.5 Å². The van der Waals surface area contributed by atoms with Crippen LogP contribution in [0.1, 0.15) is 38.1 Å². The molecule has 0 radical (unpaired) electrons. The van der Waals surface area contributed by atoms with Crippen LogP contribution in [0.5, 0.6) is 0 Å². The van der Waals surface area contributed by atoms with E-state index in [0.717, 1.165) is 24.2 Å². The van der Waals surface area contributed by atoms with E-state index in [0.29, 0.717) is 16.8 Å². The van der Waals surface area contributed by atoms with Crippen molar-refractivity contribution < 1.29 is 0 Å². The highest BCUT2D eigenvalue weighted by atomic mass is 35.5. The van der Waals surface area contributed by atoms with Crippen molar-refractivity contribution in [3.8, 4) is 11.4 Å². The lowest BCUT2D eigenvalue weighted by Gasteiger charge is -2.22. The van der Waals surface area contributed by atoms with E-state index in [1.54, 1.807) is 6.07 Å². The third-order valence-electron chi connectivity index (χ3n) is 3.59. The van der Waals surface area contributed by atoms with E-state index in [9.17, 15) is 0 Å². The molecule has 0 bridgehead atoms. The van der Waals surface area contributed by atoms with E-state index >= 15 is 0 Å². The van der Waals surface area contributed by atoms with Crippen LogP contribution in [0, 0.1) is 0 Å². The number of aromatic nitrogens is 4. The predicted molar refractivity (Wildman–Crippen MR) is 74.8 cm³/mol. The van der Waals surface area contributed by atoms with Gasteiger partial charge in [0.25, 0.3) is 0 Å². The van der Waals surface area contributed by atoms with Gasteiger partial charge in [-0.15, -0.1) is 5.10 Å². The second-order valence-electron chi connectivity index (χ2n) is 5.01. The molecule has 1 aliphatic carbocycles. The van der Waals surface area contributed by atoms with E-state index < -0.39 is 0 Å². The monoisotopic (exact) mass is 277 g/mol. The smallest absolute Gasteiger partial charge is 0.182 e. The van der Waals surface area contributed by atoms with E-state index in [2.05, 4.69) is 15.5 Å². The van der Waals surface area contributed by atoms with Gasteiger partial charge >= 0.3 is 0 Å². The summed E-state index contributed by atoms with van der Waals surface area (Å²) in [6.07, 6.45) is 6.05. The fourth-order valence-electron chi connectivity index (χ4n) is 2.70. The maximum Gasteiger partial charge on any atom is 0.182 e. The second kappa shape index (κ2) is 5.17. The molecular weight excluding hydrogens is 262 g/mol. The molecule has 3 rings (SSSR count). The molecule has 0 saturated heterocycles. The number of benzene rings is 1. The first-order valence-corrected chi connectivity index (χ1v) is 6.96. The number of hydrogen-bond donors (Lipinski definition) is 1. The highest BCUT2D eigenvalue weighted by Gasteiger charge is 2.21. The summed E-state index contributed by atoms with van der Waals surface area (Å²) in [6, 6.07) is 5.82. The van der Waals surface area contributed by atoms with Crippen LogP contribution in [0.25, 0.3) is 11.4 Å². The Hall–Kier alpha value is -1.62. The third kappa shape index (κ3) is 2.56. The highest BCUT2D eigenvalue weighted by Crippen LogP contribution is 2.31. The van der Waals surface area contributed by atoms with Crippen molar-refractivity contribution >= 4 is 17.3 Å². The average molecular weight is 278 g/mol. The number of nitrogens with zero attached hydrogens (tertiary/aromatic N) is 4. The van der Waals surface area contributed by atoms with Gasteiger partial charge in [0.05, 0.1) is 6.04 Å². The number of hydrogen-bond acceptors (Lipinski definition) is 4. The van der Waals surface area contributed by atoms with Crippen LogP contribution in [-0.2, 0) is 0 Å². The van der Waals surface area contributed by atoms with Crippen molar-refractivity contribution in [2.45, 2.75) is 38.1 Å². The molecule has 6 heteroatoms. The second-order valence-corrected chi connectivity index (χ2v) is 5.45. The highest BCUT2D eigenvalue weighted by molar-refractivity contribution is 6.31. The van der Waals surface area contributed by atoms with E-state index in [1.165, 1.54) is 19.3 Å². The van der Waals surface area contributed by atoms with Crippen LogP contribution in [0.15, 0.2) is 18.2 Å². The number of tetrazole rings is 1. The number of nitrogens with two attached hydrogens (primary N) is 1. The first-order chi connectivity index (χ1) is 9.24. The fraction of sp³-hybridized carbons (Fsp3) is 0.462. The number of anilines is 1. The van der Waals surface area contributed by atoms with Crippen molar-refractivity contribution in [3.05, 3.63) is 23.2 Å². The van der Waals surface area contributed by atoms with E-state index in [1.807, 2.05) is 16.8 Å². The molecule has 1 aromatic heterocycles. The standard InChI is InChI=1S/C13H16ClN5/c14-10-6-9(7-11(15)8-10)13-16-17-18-19(13)12-4-2-1-3-5-12/h6-8,12H,1-5,15H2. The Morgan fingerprint density at radius 1 is 1.16 bits per heavy atom. The maximum absolute atomic E-state index is 6.05. The molecule has 0 unspecified atom stereocenters. The number of rotatable bonds is 2. The average Bonchev–Trinajstić information content (AvgIpc) is 2.88. The minimum absolute atomic E-state index is 0.388. The number of halogens is 1. The SMILES string of the molecule is Nc1cc(Cl)cc(-c2nnnn2C2CCCCC2)c1. The Morgan fingerprint density at radius 2 is 1.95 bits per heavy atom. The lowest BCUT2D eigenvalue weighted by atomic mass is 9.95. The Labute approximate surface area is 116 Å². The summed E-state index contributed by atoms with van der Waals surface area (Å²) in [6.45, 7) is 0. The molecule has 2 aromatic rings. The summed E-state index contributed by atoms with van der Waals surface area (Å²) in [7, 11) is 0. The van der Waals surface area contributed by atoms with Crippen LogP contribution >= 0.6 is 11.6 Å². The third-order valence-corrected chi connectivity index (χ3v) is 3.81. The molecule has 2 N–H and O–H groups in total. The molecule has 5 nitrogen and oxygen atoms in total. The molecule has 1 aliphatic rings. The fourth-order valence-corrected chi connectivity index (χ4v) is 2.94. The zero-order valence-electron chi connectivity index (χ0n) is 10.6. The van der Waals surface area contributed by atoms with Gasteiger partial charge in [0.1, 0.15) is 0 Å². The normalized spacial score (nSPS) is 16.7. The van der Waals surface area contributed by atoms with Gasteiger partial charge in [0, 0.05) is 16.3 Å². The summed E-state index contributed by atoms with van der Waals surface area (Å²) in [5, 5.41) is 12.7. The summed E-state index contributed by atoms with van der Waals surface area (Å²) in [5.74, 6) is 0.751. The molecule has 0 atom stereocenters. The van der Waals surface area contributed by atoms with Gasteiger partial charge in [-0.3, -0.25) is 0 Å². The minimum Gasteiger partial charge on any atom is -0.399 e. The van der Waals surface area contributed by atoms with Gasteiger partial charge in [-0.2, -0.15) is 0 Å². The molecule has 100 valence electrons. The summed E-state index contributed by atoms with van der Waals surface area (Å²) >= 11 is 6.05. The molecule has 0 spiro atoms. The van der Waals surface area contributed by atoms with Crippen molar-refractivity contribution in [2.75, 3.05) is 5.73 Å². The van der Waals surface area contributed by atoms with Crippen molar-refractivity contribution in [1.29, 1.82) is 0 Å². The van der Waals surface area contributed by atoms with Gasteiger partial charge in [-0.25, -0.2) is 4.68 Å². The lowest BCUT2D eigenvalue weighted by molar-refractivity contribution is 0.327. The number of nitrogen functional groups attached to an aromatic ring is 1. The zero-order valence-corrected chi connectivity index (χ0v) is 11.3. The predicted octanol–water partition coefficient (Wildman–Crippen LogP) is 3.08. The Morgan fingerprint density at radius 3 is 2.68 bits per heavy atom. The largest absolute Gasteiger partial charge is 0.399 e. The van der Waals surface area contributed by atoms with Crippen molar-refractivity contribution in [1.82, 2.24) is 20.2 Å². The Kier molecular flexibility index (Phi) is 3.38. The molecule has 1 heterocycles.